The van der Waals surface area contributed by atoms with Gasteiger partial charge in [-0.3, -0.25) is 0 Å². The molecule has 98 valence electrons. The van der Waals surface area contributed by atoms with Crippen LogP contribution in [0.2, 0.25) is 0 Å². The van der Waals surface area contributed by atoms with Crippen LogP contribution in [0.5, 0.6) is 0 Å². The number of hydrogen-bond acceptors (Lipinski definition) is 1. The lowest BCUT2D eigenvalue weighted by atomic mass is 9.65. The van der Waals surface area contributed by atoms with E-state index >= 15 is 0 Å². The quantitative estimate of drug-likeness (QED) is 0.647. The molecule has 1 nitrogen and oxygen atoms in total. The molecule has 1 spiro atoms. The zero-order chi connectivity index (χ0) is 12.8. The molecule has 0 N–H and O–H groups in total. The number of fused-ring (bicyclic) bond motifs is 2. The van der Waals surface area contributed by atoms with Crippen LogP contribution in [0.25, 0.3) is 0 Å². The molecule has 1 heteroatoms. The molecule has 0 amide bonds. The lowest BCUT2D eigenvalue weighted by Crippen LogP contribution is -2.35. The lowest BCUT2D eigenvalue weighted by Gasteiger charge is -2.43. The van der Waals surface area contributed by atoms with Gasteiger partial charge in [0.25, 0.3) is 0 Å². The van der Waals surface area contributed by atoms with Crippen molar-refractivity contribution in [2.45, 2.75) is 58.0 Å². The summed E-state index contributed by atoms with van der Waals surface area (Å²) in [5, 5.41) is 0. The van der Waals surface area contributed by atoms with E-state index in [-0.39, 0.29) is 5.60 Å². The van der Waals surface area contributed by atoms with Gasteiger partial charge in [-0.05, 0) is 48.1 Å². The highest BCUT2D eigenvalue weighted by Gasteiger charge is 2.45. The largest absolute Gasteiger partial charge is 0.370 e. The van der Waals surface area contributed by atoms with Crippen LogP contribution in [0.1, 0.15) is 63.5 Å². The van der Waals surface area contributed by atoms with E-state index in [9.17, 15) is 0 Å². The summed E-state index contributed by atoms with van der Waals surface area (Å²) in [7, 11) is 0. The van der Waals surface area contributed by atoms with E-state index in [1.165, 1.54) is 36.8 Å². The molecule has 1 fully saturated rings. The average molecular weight is 244 g/mol. The second-order valence-electron chi connectivity index (χ2n) is 6.99. The third-order valence-electron chi connectivity index (χ3n) is 4.81. The molecule has 18 heavy (non-hydrogen) atoms. The summed E-state index contributed by atoms with van der Waals surface area (Å²) >= 11 is 0. The molecule has 2 aliphatic rings. The van der Waals surface area contributed by atoms with Crippen LogP contribution in [0.3, 0.4) is 0 Å². The van der Waals surface area contributed by atoms with Gasteiger partial charge in [-0.15, -0.1) is 0 Å². The fourth-order valence-corrected chi connectivity index (χ4v) is 3.89. The van der Waals surface area contributed by atoms with E-state index in [1.807, 2.05) is 0 Å². The van der Waals surface area contributed by atoms with E-state index < -0.39 is 0 Å². The number of hydrogen-bond donors (Lipinski definition) is 0. The Labute approximate surface area is 111 Å². The summed E-state index contributed by atoms with van der Waals surface area (Å²) in [6.07, 6.45) is 4.89. The van der Waals surface area contributed by atoms with Crippen molar-refractivity contribution in [2.24, 2.45) is 5.41 Å². The molecular weight excluding hydrogens is 220 g/mol. The van der Waals surface area contributed by atoms with Gasteiger partial charge in [0.1, 0.15) is 0 Å². The molecule has 1 aliphatic carbocycles. The van der Waals surface area contributed by atoms with Gasteiger partial charge >= 0.3 is 0 Å². The molecule has 1 aromatic carbocycles. The van der Waals surface area contributed by atoms with Crippen molar-refractivity contribution in [3.8, 4) is 0 Å². The minimum absolute atomic E-state index is 0.0539. The van der Waals surface area contributed by atoms with Crippen LogP contribution in [0.15, 0.2) is 24.3 Å². The highest BCUT2D eigenvalue weighted by molar-refractivity contribution is 5.39. The predicted octanol–water partition coefficient (Wildman–Crippen LogP) is 4.62. The van der Waals surface area contributed by atoms with Gasteiger partial charge in [-0.1, -0.05) is 45.0 Å². The summed E-state index contributed by atoms with van der Waals surface area (Å²) in [4.78, 5) is 0. The van der Waals surface area contributed by atoms with Crippen LogP contribution in [0.4, 0.5) is 0 Å². The van der Waals surface area contributed by atoms with Gasteiger partial charge in [0.05, 0.1) is 5.60 Å². The molecular formula is C17H24O. The summed E-state index contributed by atoms with van der Waals surface area (Å²) in [6.45, 7) is 8.03. The Kier molecular flexibility index (Phi) is 2.78. The van der Waals surface area contributed by atoms with Gasteiger partial charge < -0.3 is 4.74 Å². The second kappa shape index (κ2) is 4.09. The molecule has 0 saturated carbocycles. The van der Waals surface area contributed by atoms with E-state index in [0.717, 1.165) is 6.61 Å². The van der Waals surface area contributed by atoms with E-state index in [1.54, 1.807) is 0 Å². The van der Waals surface area contributed by atoms with Crippen molar-refractivity contribution in [3.05, 3.63) is 35.4 Å². The first-order chi connectivity index (χ1) is 8.53. The summed E-state index contributed by atoms with van der Waals surface area (Å²) in [5.41, 5.74) is 3.42. The van der Waals surface area contributed by atoms with Crippen molar-refractivity contribution >= 4 is 0 Å². The van der Waals surface area contributed by atoms with Crippen LogP contribution < -0.4 is 0 Å². The Morgan fingerprint density at radius 2 is 1.94 bits per heavy atom. The molecule has 1 saturated heterocycles. The summed E-state index contributed by atoms with van der Waals surface area (Å²) in [6, 6.07) is 8.99. The van der Waals surface area contributed by atoms with Crippen molar-refractivity contribution in [3.63, 3.8) is 0 Å². The number of rotatable bonds is 0. The molecule has 2 unspecified atom stereocenters. The Bertz CT molecular complexity index is 435. The normalized spacial score (nSPS) is 31.6. The van der Waals surface area contributed by atoms with Crippen LogP contribution in [-0.4, -0.2) is 6.61 Å². The standard InChI is InChI=1S/C17H24O/c1-16(2,3)14-9-11-17(10-6-12-18-17)15-8-5-4-7-13(14)15/h4-5,7-8,14H,6,9-12H2,1-3H3. The maximum Gasteiger partial charge on any atom is 0.0935 e. The minimum atomic E-state index is 0.0539. The van der Waals surface area contributed by atoms with Gasteiger partial charge in [0.2, 0.25) is 0 Å². The smallest absolute Gasteiger partial charge is 0.0935 e. The van der Waals surface area contributed by atoms with Gasteiger partial charge in [-0.2, -0.15) is 0 Å². The SMILES string of the molecule is CC(C)(C)C1CCC2(CCCO2)c2ccccc21. The van der Waals surface area contributed by atoms with E-state index in [2.05, 4.69) is 45.0 Å². The first-order valence-corrected chi connectivity index (χ1v) is 7.26. The fourth-order valence-electron chi connectivity index (χ4n) is 3.89. The van der Waals surface area contributed by atoms with Crippen LogP contribution in [-0.2, 0) is 10.3 Å². The van der Waals surface area contributed by atoms with Gasteiger partial charge in [0, 0.05) is 6.61 Å². The number of ether oxygens (including phenoxy) is 1. The first kappa shape index (κ1) is 12.2. The number of benzene rings is 1. The monoisotopic (exact) mass is 244 g/mol. The highest BCUT2D eigenvalue weighted by atomic mass is 16.5. The minimum Gasteiger partial charge on any atom is -0.370 e. The van der Waals surface area contributed by atoms with Crippen LogP contribution in [0, 0.1) is 5.41 Å². The van der Waals surface area contributed by atoms with Crippen LogP contribution >= 0.6 is 0 Å². The third kappa shape index (κ3) is 1.80. The van der Waals surface area contributed by atoms with E-state index in [4.69, 9.17) is 4.74 Å². The van der Waals surface area contributed by atoms with E-state index in [0.29, 0.717) is 11.3 Å². The molecule has 0 aromatic heterocycles. The lowest BCUT2D eigenvalue weighted by molar-refractivity contribution is -0.0212. The molecule has 1 aromatic rings. The predicted molar refractivity (Wildman–Crippen MR) is 74.7 cm³/mol. The molecule has 3 rings (SSSR count). The molecule has 1 aliphatic heterocycles. The maximum absolute atomic E-state index is 6.17. The third-order valence-corrected chi connectivity index (χ3v) is 4.81. The molecule has 0 radical (unpaired) electrons. The van der Waals surface area contributed by atoms with Crippen molar-refractivity contribution in [1.29, 1.82) is 0 Å². The Hall–Kier alpha value is -0.820. The Balaban J connectivity index is 2.08. The fraction of sp³-hybridized carbons (Fsp3) is 0.647. The molecule has 1 heterocycles. The highest BCUT2D eigenvalue weighted by Crippen LogP contribution is 2.53. The zero-order valence-corrected chi connectivity index (χ0v) is 11.8. The maximum atomic E-state index is 6.17. The first-order valence-electron chi connectivity index (χ1n) is 7.26. The average Bonchev–Trinajstić information content (AvgIpc) is 2.78. The molecule has 0 bridgehead atoms. The summed E-state index contributed by atoms with van der Waals surface area (Å²) < 4.78 is 6.17. The topological polar surface area (TPSA) is 9.23 Å². The van der Waals surface area contributed by atoms with Gasteiger partial charge in [-0.25, -0.2) is 0 Å². The van der Waals surface area contributed by atoms with Crippen molar-refractivity contribution in [1.82, 2.24) is 0 Å². The van der Waals surface area contributed by atoms with Crippen molar-refractivity contribution < 1.29 is 4.74 Å². The summed E-state index contributed by atoms with van der Waals surface area (Å²) in [5.74, 6) is 0.670. The second-order valence-corrected chi connectivity index (χ2v) is 6.99. The van der Waals surface area contributed by atoms with Gasteiger partial charge in [0.15, 0.2) is 0 Å². The Morgan fingerprint density at radius 1 is 1.17 bits per heavy atom. The van der Waals surface area contributed by atoms with Crippen molar-refractivity contribution in [2.75, 3.05) is 6.61 Å². The Morgan fingerprint density at radius 3 is 2.61 bits per heavy atom. The zero-order valence-electron chi connectivity index (χ0n) is 11.8. The molecule has 2 atom stereocenters.